The summed E-state index contributed by atoms with van der Waals surface area (Å²) in [4.78, 5) is 11.3. The molecule has 0 aromatic rings. The van der Waals surface area contributed by atoms with Crippen LogP contribution in [0.4, 0.5) is 0 Å². The predicted octanol–water partition coefficient (Wildman–Crippen LogP) is -0.411. The lowest BCUT2D eigenvalue weighted by Crippen LogP contribution is -2.44. The van der Waals surface area contributed by atoms with Crippen molar-refractivity contribution in [2.75, 3.05) is 13.2 Å². The molecule has 16 heavy (non-hydrogen) atoms. The molecular formula is C11H25N3O2. The third-order valence-corrected chi connectivity index (χ3v) is 2.36. The molecule has 0 heterocycles. The van der Waals surface area contributed by atoms with Crippen molar-refractivity contribution >= 4 is 5.91 Å². The number of carbonyl (C=O) groups is 1. The molecule has 1 amide bonds. The topological polar surface area (TPSA) is 87.4 Å². The van der Waals surface area contributed by atoms with E-state index in [4.69, 9.17) is 10.8 Å². The quantitative estimate of drug-likeness (QED) is 0.457. The molecule has 0 fully saturated rings. The molecule has 0 aliphatic carbocycles. The Morgan fingerprint density at radius 3 is 2.50 bits per heavy atom. The van der Waals surface area contributed by atoms with Crippen molar-refractivity contribution in [3.63, 3.8) is 0 Å². The van der Waals surface area contributed by atoms with Gasteiger partial charge in [0.25, 0.3) is 0 Å². The van der Waals surface area contributed by atoms with Crippen molar-refractivity contribution in [2.45, 2.75) is 51.7 Å². The van der Waals surface area contributed by atoms with Gasteiger partial charge in [0.1, 0.15) is 0 Å². The molecule has 0 aromatic heterocycles. The number of nitrogens with two attached hydrogens (primary N) is 1. The van der Waals surface area contributed by atoms with Crippen LogP contribution in [0.1, 0.15) is 33.6 Å². The van der Waals surface area contributed by atoms with E-state index in [1.54, 1.807) is 0 Å². The number of hydrogen-bond donors (Lipinski definition) is 4. The van der Waals surface area contributed by atoms with Crippen molar-refractivity contribution in [1.29, 1.82) is 0 Å². The van der Waals surface area contributed by atoms with Gasteiger partial charge in [0.2, 0.25) is 5.91 Å². The normalized spacial score (nSPS) is 14.9. The predicted molar refractivity (Wildman–Crippen MR) is 65.0 cm³/mol. The van der Waals surface area contributed by atoms with E-state index in [-0.39, 0.29) is 18.6 Å². The highest BCUT2D eigenvalue weighted by Gasteiger charge is 2.12. The van der Waals surface area contributed by atoms with E-state index in [1.165, 1.54) is 0 Å². The highest BCUT2D eigenvalue weighted by Crippen LogP contribution is 1.93. The average molecular weight is 231 g/mol. The first-order valence-electron chi connectivity index (χ1n) is 5.91. The summed E-state index contributed by atoms with van der Waals surface area (Å²) in [6, 6.07) is -0.0745. The third-order valence-electron chi connectivity index (χ3n) is 2.36. The first-order valence-corrected chi connectivity index (χ1v) is 5.91. The molecule has 0 saturated heterocycles. The van der Waals surface area contributed by atoms with E-state index in [0.717, 1.165) is 0 Å². The maximum Gasteiger partial charge on any atom is 0.236 e. The molecule has 0 aliphatic rings. The molecule has 0 aromatic carbocycles. The van der Waals surface area contributed by atoms with E-state index in [9.17, 15) is 4.79 Å². The lowest BCUT2D eigenvalue weighted by molar-refractivity contribution is -0.122. The number of aliphatic hydroxyl groups is 1. The van der Waals surface area contributed by atoms with Crippen LogP contribution in [-0.4, -0.2) is 42.3 Å². The van der Waals surface area contributed by atoms with Gasteiger partial charge >= 0.3 is 0 Å². The summed E-state index contributed by atoms with van der Waals surface area (Å²) in [5.74, 6) is -0.122. The average Bonchev–Trinajstić information content (AvgIpc) is 2.25. The van der Waals surface area contributed by atoms with Crippen LogP contribution >= 0.6 is 0 Å². The van der Waals surface area contributed by atoms with Gasteiger partial charge in [-0.25, -0.2) is 0 Å². The monoisotopic (exact) mass is 231 g/mol. The van der Waals surface area contributed by atoms with E-state index >= 15 is 0 Å². The summed E-state index contributed by atoms with van der Waals surface area (Å²) in [7, 11) is 0. The van der Waals surface area contributed by atoms with Crippen molar-refractivity contribution in [1.82, 2.24) is 10.6 Å². The van der Waals surface area contributed by atoms with Crippen LogP contribution in [0.2, 0.25) is 0 Å². The molecule has 2 unspecified atom stereocenters. The van der Waals surface area contributed by atoms with Gasteiger partial charge in [0.15, 0.2) is 0 Å². The summed E-state index contributed by atoms with van der Waals surface area (Å²) >= 11 is 0. The molecule has 2 atom stereocenters. The molecule has 5 N–H and O–H groups in total. The van der Waals surface area contributed by atoms with Crippen LogP contribution in [0.3, 0.4) is 0 Å². The third kappa shape index (κ3) is 6.76. The lowest BCUT2D eigenvalue weighted by Gasteiger charge is -2.19. The van der Waals surface area contributed by atoms with Crippen LogP contribution in [0, 0.1) is 0 Å². The highest BCUT2D eigenvalue weighted by atomic mass is 16.3. The molecule has 0 radical (unpaired) electrons. The Morgan fingerprint density at radius 2 is 2.06 bits per heavy atom. The Morgan fingerprint density at radius 1 is 1.44 bits per heavy atom. The largest absolute Gasteiger partial charge is 0.395 e. The number of carbonyl (C=O) groups excluding carboxylic acids is 1. The highest BCUT2D eigenvalue weighted by molar-refractivity contribution is 5.81. The van der Waals surface area contributed by atoms with E-state index in [2.05, 4.69) is 10.6 Å². The van der Waals surface area contributed by atoms with Gasteiger partial charge in [-0.1, -0.05) is 20.8 Å². The molecule has 0 rings (SSSR count). The fourth-order valence-corrected chi connectivity index (χ4v) is 1.38. The number of nitrogens with one attached hydrogen (secondary N) is 2. The minimum absolute atomic E-state index is 0.0261. The summed E-state index contributed by atoms with van der Waals surface area (Å²) in [5, 5.41) is 15.1. The SMILES string of the molecule is CCC(N)C(=O)NCCC(CO)NC(C)C. The first-order chi connectivity index (χ1) is 7.51. The first kappa shape index (κ1) is 15.3. The van der Waals surface area contributed by atoms with Crippen molar-refractivity contribution in [3.8, 4) is 0 Å². The summed E-state index contributed by atoms with van der Waals surface area (Å²) in [6.07, 6.45) is 1.34. The zero-order chi connectivity index (χ0) is 12.6. The minimum atomic E-state index is -0.425. The maximum atomic E-state index is 11.3. The Hall–Kier alpha value is -0.650. The maximum absolute atomic E-state index is 11.3. The van der Waals surface area contributed by atoms with E-state index in [1.807, 2.05) is 20.8 Å². The molecule has 0 spiro atoms. The zero-order valence-electron chi connectivity index (χ0n) is 10.5. The summed E-state index contributed by atoms with van der Waals surface area (Å²) in [5.41, 5.74) is 5.57. The Kier molecular flexibility index (Phi) is 8.15. The van der Waals surface area contributed by atoms with Gasteiger partial charge in [-0.15, -0.1) is 0 Å². The van der Waals surface area contributed by atoms with Gasteiger partial charge in [0, 0.05) is 18.6 Å². The second kappa shape index (κ2) is 8.50. The molecule has 5 heteroatoms. The van der Waals surface area contributed by atoms with E-state index < -0.39 is 6.04 Å². The minimum Gasteiger partial charge on any atom is -0.395 e. The van der Waals surface area contributed by atoms with Crippen LogP contribution < -0.4 is 16.4 Å². The molecule has 0 aliphatic heterocycles. The smallest absolute Gasteiger partial charge is 0.236 e. The van der Waals surface area contributed by atoms with Gasteiger partial charge < -0.3 is 21.5 Å². The van der Waals surface area contributed by atoms with E-state index in [0.29, 0.717) is 25.4 Å². The fourth-order valence-electron chi connectivity index (χ4n) is 1.38. The Balaban J connectivity index is 3.73. The lowest BCUT2D eigenvalue weighted by atomic mass is 10.2. The Labute approximate surface area is 97.8 Å². The Bertz CT molecular complexity index is 198. The van der Waals surface area contributed by atoms with Gasteiger partial charge in [0.05, 0.1) is 12.6 Å². The number of aliphatic hydroxyl groups excluding tert-OH is 1. The standard InChI is InChI=1S/C11H25N3O2/c1-4-10(12)11(16)13-6-5-9(7-15)14-8(2)3/h8-10,14-15H,4-7,12H2,1-3H3,(H,13,16). The van der Waals surface area contributed by atoms with Crippen LogP contribution in [0.5, 0.6) is 0 Å². The fraction of sp³-hybridized carbons (Fsp3) is 0.909. The van der Waals surface area contributed by atoms with Gasteiger partial charge in [-0.2, -0.15) is 0 Å². The second-order valence-corrected chi connectivity index (χ2v) is 4.30. The van der Waals surface area contributed by atoms with Crippen LogP contribution in [-0.2, 0) is 4.79 Å². The summed E-state index contributed by atoms with van der Waals surface area (Å²) in [6.45, 7) is 6.54. The van der Waals surface area contributed by atoms with Gasteiger partial charge in [-0.05, 0) is 12.8 Å². The van der Waals surface area contributed by atoms with Gasteiger partial charge in [-0.3, -0.25) is 4.79 Å². The van der Waals surface area contributed by atoms with Crippen molar-refractivity contribution in [3.05, 3.63) is 0 Å². The summed E-state index contributed by atoms with van der Waals surface area (Å²) < 4.78 is 0. The molecule has 5 nitrogen and oxygen atoms in total. The number of hydrogen-bond acceptors (Lipinski definition) is 4. The second-order valence-electron chi connectivity index (χ2n) is 4.30. The van der Waals surface area contributed by atoms with Crippen LogP contribution in [0.25, 0.3) is 0 Å². The number of amides is 1. The zero-order valence-corrected chi connectivity index (χ0v) is 10.5. The van der Waals surface area contributed by atoms with Crippen molar-refractivity contribution < 1.29 is 9.90 Å². The van der Waals surface area contributed by atoms with Crippen LogP contribution in [0.15, 0.2) is 0 Å². The van der Waals surface area contributed by atoms with Crippen molar-refractivity contribution in [2.24, 2.45) is 5.73 Å². The molecule has 0 saturated carbocycles. The molecule has 96 valence electrons. The molecule has 0 bridgehead atoms. The number of rotatable bonds is 8. The molecular weight excluding hydrogens is 206 g/mol.